The summed E-state index contributed by atoms with van der Waals surface area (Å²) in [6, 6.07) is 17.4. The van der Waals surface area contributed by atoms with E-state index in [9.17, 15) is 9.59 Å². The van der Waals surface area contributed by atoms with Gasteiger partial charge in [-0.3, -0.25) is 19.7 Å². The quantitative estimate of drug-likeness (QED) is 0.818. The molecule has 2 amide bonds. The fourth-order valence-electron chi connectivity index (χ4n) is 4.18. The molecule has 3 atom stereocenters. The molecular formula is C21H21N3O4. The van der Waals surface area contributed by atoms with Gasteiger partial charge in [0.15, 0.2) is 6.10 Å². The number of anilines is 2. The zero-order chi connectivity index (χ0) is 19.1. The zero-order valence-corrected chi connectivity index (χ0v) is 15.3. The third-order valence-electron chi connectivity index (χ3n) is 5.58. The molecule has 2 aromatic rings. The van der Waals surface area contributed by atoms with Crippen molar-refractivity contribution in [3.8, 4) is 0 Å². The highest BCUT2D eigenvalue weighted by Gasteiger charge is 2.56. The maximum absolute atomic E-state index is 12.5. The van der Waals surface area contributed by atoms with Crippen LogP contribution in [0.15, 0.2) is 54.6 Å². The molecule has 0 saturated carbocycles. The van der Waals surface area contributed by atoms with Crippen LogP contribution in [0.3, 0.4) is 0 Å². The molecule has 144 valence electrons. The Morgan fingerprint density at radius 1 is 0.857 bits per heavy atom. The lowest BCUT2D eigenvalue weighted by atomic mass is 9.90. The van der Waals surface area contributed by atoms with E-state index in [1.165, 1.54) is 0 Å². The molecule has 0 aliphatic carbocycles. The first-order valence-electron chi connectivity index (χ1n) is 9.51. The SMILES string of the molecule is O=C1NC(=O)C2C1ON(c1ccccc1)C2c1ccc(N2CCOCC2)cc1. The Hall–Kier alpha value is -2.90. The van der Waals surface area contributed by atoms with E-state index in [1.54, 1.807) is 5.06 Å². The Kier molecular flexibility index (Phi) is 4.26. The van der Waals surface area contributed by atoms with Crippen LogP contribution < -0.4 is 15.3 Å². The van der Waals surface area contributed by atoms with Gasteiger partial charge in [0, 0.05) is 18.8 Å². The van der Waals surface area contributed by atoms with Crippen LogP contribution in [0.4, 0.5) is 11.4 Å². The molecule has 7 heteroatoms. The molecule has 3 aliphatic rings. The number of benzene rings is 2. The fourth-order valence-corrected chi connectivity index (χ4v) is 4.18. The minimum Gasteiger partial charge on any atom is -0.378 e. The Balaban J connectivity index is 1.49. The molecule has 0 aromatic heterocycles. The lowest BCUT2D eigenvalue weighted by molar-refractivity contribution is -0.129. The molecule has 0 spiro atoms. The van der Waals surface area contributed by atoms with Crippen LogP contribution in [0.2, 0.25) is 0 Å². The number of fused-ring (bicyclic) bond motifs is 1. The van der Waals surface area contributed by atoms with Crippen molar-refractivity contribution in [2.45, 2.75) is 12.1 Å². The maximum Gasteiger partial charge on any atom is 0.259 e. The van der Waals surface area contributed by atoms with E-state index in [4.69, 9.17) is 9.57 Å². The van der Waals surface area contributed by atoms with E-state index in [-0.39, 0.29) is 17.9 Å². The van der Waals surface area contributed by atoms with Crippen molar-refractivity contribution in [2.75, 3.05) is 36.3 Å². The molecule has 7 nitrogen and oxygen atoms in total. The Bertz CT molecular complexity index is 880. The first-order valence-corrected chi connectivity index (χ1v) is 9.51. The maximum atomic E-state index is 12.5. The molecule has 1 N–H and O–H groups in total. The predicted octanol–water partition coefficient (Wildman–Crippen LogP) is 1.66. The second-order valence-corrected chi connectivity index (χ2v) is 7.20. The molecule has 5 rings (SSSR count). The fraction of sp³-hybridized carbons (Fsp3) is 0.333. The number of carbonyl (C=O) groups excluding carboxylic acids is 2. The van der Waals surface area contributed by atoms with E-state index in [0.717, 1.165) is 43.2 Å². The summed E-state index contributed by atoms with van der Waals surface area (Å²) >= 11 is 0. The summed E-state index contributed by atoms with van der Waals surface area (Å²) in [6.07, 6.45) is -0.795. The number of rotatable bonds is 3. The largest absolute Gasteiger partial charge is 0.378 e. The number of amides is 2. The Morgan fingerprint density at radius 3 is 2.29 bits per heavy atom. The molecule has 0 radical (unpaired) electrons. The number of imide groups is 1. The summed E-state index contributed by atoms with van der Waals surface area (Å²) in [6.45, 7) is 3.19. The number of hydroxylamine groups is 1. The molecule has 3 unspecified atom stereocenters. The van der Waals surface area contributed by atoms with Gasteiger partial charge in [-0.15, -0.1) is 0 Å². The van der Waals surface area contributed by atoms with Crippen molar-refractivity contribution in [3.05, 3.63) is 60.2 Å². The minimum atomic E-state index is -0.795. The average Bonchev–Trinajstić information content (AvgIpc) is 3.28. The second-order valence-electron chi connectivity index (χ2n) is 7.20. The molecule has 3 fully saturated rings. The number of morpholine rings is 1. The molecular weight excluding hydrogens is 358 g/mol. The summed E-state index contributed by atoms with van der Waals surface area (Å²) < 4.78 is 5.42. The molecule has 3 saturated heterocycles. The third-order valence-corrected chi connectivity index (χ3v) is 5.58. The highest BCUT2D eigenvalue weighted by Crippen LogP contribution is 2.44. The lowest BCUT2D eigenvalue weighted by Gasteiger charge is -2.30. The molecule has 2 aromatic carbocycles. The van der Waals surface area contributed by atoms with Crippen LogP contribution in [-0.4, -0.2) is 44.2 Å². The highest BCUT2D eigenvalue weighted by molar-refractivity contribution is 6.07. The van der Waals surface area contributed by atoms with Crippen molar-refractivity contribution in [3.63, 3.8) is 0 Å². The molecule has 0 bridgehead atoms. The standard InChI is InChI=1S/C21H21N3O4/c25-20-17-18(14-6-8-15(9-7-14)23-10-12-27-13-11-23)24(16-4-2-1-3-5-16)28-19(17)21(26)22-20/h1-9,17-19H,10-13H2,(H,22,25,26). The normalized spacial score (nSPS) is 27.1. The number of ether oxygens (including phenoxy) is 1. The number of hydrogen-bond donors (Lipinski definition) is 1. The van der Waals surface area contributed by atoms with Crippen molar-refractivity contribution in [2.24, 2.45) is 5.92 Å². The Morgan fingerprint density at radius 2 is 1.57 bits per heavy atom. The van der Waals surface area contributed by atoms with Crippen LogP contribution >= 0.6 is 0 Å². The van der Waals surface area contributed by atoms with Gasteiger partial charge in [0.2, 0.25) is 5.91 Å². The Labute approximate surface area is 162 Å². The highest BCUT2D eigenvalue weighted by atomic mass is 16.7. The van der Waals surface area contributed by atoms with E-state index in [2.05, 4.69) is 22.3 Å². The van der Waals surface area contributed by atoms with E-state index >= 15 is 0 Å². The van der Waals surface area contributed by atoms with Gasteiger partial charge >= 0.3 is 0 Å². The van der Waals surface area contributed by atoms with Gasteiger partial charge in [-0.1, -0.05) is 30.3 Å². The van der Waals surface area contributed by atoms with Crippen LogP contribution in [0, 0.1) is 5.92 Å². The van der Waals surface area contributed by atoms with Crippen molar-refractivity contribution in [1.29, 1.82) is 0 Å². The molecule has 3 heterocycles. The molecule has 28 heavy (non-hydrogen) atoms. The predicted molar refractivity (Wildman–Crippen MR) is 103 cm³/mol. The summed E-state index contributed by atoms with van der Waals surface area (Å²) in [7, 11) is 0. The number of carbonyl (C=O) groups is 2. The number of para-hydroxylation sites is 1. The van der Waals surface area contributed by atoms with Gasteiger partial charge in [0.1, 0.15) is 5.92 Å². The van der Waals surface area contributed by atoms with Gasteiger partial charge in [-0.25, -0.2) is 5.06 Å². The van der Waals surface area contributed by atoms with Crippen LogP contribution in [-0.2, 0) is 19.2 Å². The monoisotopic (exact) mass is 379 g/mol. The van der Waals surface area contributed by atoms with Crippen molar-refractivity contribution in [1.82, 2.24) is 5.32 Å². The van der Waals surface area contributed by atoms with E-state index in [1.807, 2.05) is 42.5 Å². The number of nitrogens with zero attached hydrogens (tertiary/aromatic N) is 2. The average molecular weight is 379 g/mol. The van der Waals surface area contributed by atoms with Crippen LogP contribution in [0.5, 0.6) is 0 Å². The number of hydrogen-bond acceptors (Lipinski definition) is 6. The lowest BCUT2D eigenvalue weighted by Crippen LogP contribution is -2.36. The summed E-state index contributed by atoms with van der Waals surface area (Å²) in [5.41, 5.74) is 2.89. The van der Waals surface area contributed by atoms with Crippen LogP contribution in [0.25, 0.3) is 0 Å². The summed E-state index contributed by atoms with van der Waals surface area (Å²) in [4.78, 5) is 32.9. The van der Waals surface area contributed by atoms with Crippen LogP contribution in [0.1, 0.15) is 11.6 Å². The third kappa shape index (κ3) is 2.83. The summed E-state index contributed by atoms with van der Waals surface area (Å²) in [5, 5.41) is 4.11. The first kappa shape index (κ1) is 17.2. The second kappa shape index (κ2) is 6.92. The zero-order valence-electron chi connectivity index (χ0n) is 15.3. The van der Waals surface area contributed by atoms with Gasteiger partial charge in [0.05, 0.1) is 24.9 Å². The van der Waals surface area contributed by atoms with Gasteiger partial charge in [-0.05, 0) is 29.8 Å². The molecule has 3 aliphatic heterocycles. The van der Waals surface area contributed by atoms with Crippen molar-refractivity contribution >= 4 is 23.2 Å². The first-order chi connectivity index (χ1) is 13.7. The topological polar surface area (TPSA) is 71.1 Å². The smallest absolute Gasteiger partial charge is 0.259 e. The minimum absolute atomic E-state index is 0.282. The van der Waals surface area contributed by atoms with Gasteiger partial charge in [0.25, 0.3) is 5.91 Å². The van der Waals surface area contributed by atoms with Gasteiger partial charge in [-0.2, -0.15) is 0 Å². The van der Waals surface area contributed by atoms with Crippen molar-refractivity contribution < 1.29 is 19.2 Å². The number of nitrogens with one attached hydrogen (secondary N) is 1. The van der Waals surface area contributed by atoms with Gasteiger partial charge < -0.3 is 9.64 Å². The summed E-state index contributed by atoms with van der Waals surface area (Å²) in [5.74, 6) is -1.22. The van der Waals surface area contributed by atoms with E-state index in [0.29, 0.717) is 0 Å². The van der Waals surface area contributed by atoms with E-state index < -0.39 is 12.0 Å².